The molecule has 0 aliphatic rings. The average Bonchev–Trinajstić information content (AvgIpc) is 2.70. The summed E-state index contributed by atoms with van der Waals surface area (Å²) in [6, 6.07) is 5.52. The van der Waals surface area contributed by atoms with E-state index in [1.807, 2.05) is 17.5 Å². The van der Waals surface area contributed by atoms with Crippen LogP contribution in [0.15, 0.2) is 23.6 Å². The van der Waals surface area contributed by atoms with Gasteiger partial charge in [-0.05, 0) is 35.4 Å². The Morgan fingerprint density at radius 2 is 2.20 bits per heavy atom. The fourth-order valence-corrected chi connectivity index (χ4v) is 2.24. The van der Waals surface area contributed by atoms with Gasteiger partial charge in [0.05, 0.1) is 11.3 Å². The third-order valence-electron chi connectivity index (χ3n) is 2.28. The summed E-state index contributed by atoms with van der Waals surface area (Å²) >= 11 is 1.41. The van der Waals surface area contributed by atoms with Crippen LogP contribution in [-0.2, 0) is 0 Å². The smallest absolute Gasteiger partial charge is 0.182 e. The number of thiophene rings is 1. The van der Waals surface area contributed by atoms with Crippen molar-refractivity contribution in [3.63, 3.8) is 0 Å². The third-order valence-corrected chi connectivity index (χ3v) is 3.20. The molecule has 1 nitrogen and oxygen atoms in total. The average molecular weight is 224 g/mol. The Kier molecular flexibility index (Phi) is 3.21. The van der Waals surface area contributed by atoms with E-state index in [0.717, 1.165) is 18.2 Å². The number of fused-ring (bicyclic) bond motifs is 1. The van der Waals surface area contributed by atoms with E-state index in [4.69, 9.17) is 4.74 Å². The van der Waals surface area contributed by atoms with Gasteiger partial charge in [-0.15, -0.1) is 11.3 Å². The van der Waals surface area contributed by atoms with Gasteiger partial charge in [0.2, 0.25) is 0 Å². The van der Waals surface area contributed by atoms with E-state index in [1.54, 1.807) is 6.07 Å². The zero-order chi connectivity index (χ0) is 10.7. The lowest BCUT2D eigenvalue weighted by atomic mass is 10.2. The van der Waals surface area contributed by atoms with E-state index in [9.17, 15) is 4.39 Å². The van der Waals surface area contributed by atoms with Crippen molar-refractivity contribution in [2.45, 2.75) is 19.8 Å². The molecule has 1 aromatic carbocycles. The molecule has 2 aromatic rings. The second-order valence-corrected chi connectivity index (χ2v) is 4.33. The minimum atomic E-state index is -0.224. The molecule has 0 fully saturated rings. The summed E-state index contributed by atoms with van der Waals surface area (Å²) in [6.45, 7) is 2.67. The summed E-state index contributed by atoms with van der Waals surface area (Å²) in [5.74, 6) is 0.150. The normalized spacial score (nSPS) is 10.8. The number of rotatable bonds is 4. The van der Waals surface area contributed by atoms with Crippen molar-refractivity contribution in [3.05, 3.63) is 29.4 Å². The maximum atomic E-state index is 13.8. The number of hydrogen-bond donors (Lipinski definition) is 0. The van der Waals surface area contributed by atoms with Crippen molar-refractivity contribution < 1.29 is 9.13 Å². The molecule has 1 heterocycles. The molecule has 0 aliphatic carbocycles. The summed E-state index contributed by atoms with van der Waals surface area (Å²) in [5.41, 5.74) is 0. The highest BCUT2D eigenvalue weighted by Crippen LogP contribution is 2.30. The zero-order valence-corrected chi connectivity index (χ0v) is 9.44. The molecule has 0 aliphatic heterocycles. The van der Waals surface area contributed by atoms with Crippen LogP contribution < -0.4 is 4.74 Å². The molecule has 2 rings (SSSR count). The van der Waals surface area contributed by atoms with Crippen LogP contribution >= 0.6 is 11.3 Å². The molecule has 80 valence electrons. The van der Waals surface area contributed by atoms with Crippen LogP contribution in [0.5, 0.6) is 5.75 Å². The minimum absolute atomic E-state index is 0.224. The lowest BCUT2D eigenvalue weighted by Crippen LogP contribution is -1.98. The molecule has 0 saturated carbocycles. The summed E-state index contributed by atoms with van der Waals surface area (Å²) in [5, 5.41) is 2.84. The van der Waals surface area contributed by atoms with Gasteiger partial charge >= 0.3 is 0 Å². The van der Waals surface area contributed by atoms with Crippen LogP contribution in [0.25, 0.3) is 10.1 Å². The van der Waals surface area contributed by atoms with Crippen LogP contribution in [-0.4, -0.2) is 6.61 Å². The second kappa shape index (κ2) is 4.62. The first kappa shape index (κ1) is 10.4. The first-order valence-corrected chi connectivity index (χ1v) is 5.99. The fraction of sp³-hybridized carbons (Fsp3) is 0.333. The van der Waals surface area contributed by atoms with Gasteiger partial charge in [-0.25, -0.2) is 4.39 Å². The number of halogens is 1. The number of benzene rings is 1. The highest BCUT2D eigenvalue weighted by molar-refractivity contribution is 7.17. The standard InChI is InChI=1S/C12H13FOS/c1-2-3-7-14-10-5-4-9-6-8-15-12(9)11(10)13/h4-6,8H,2-3,7H2,1H3. The van der Waals surface area contributed by atoms with Crippen molar-refractivity contribution in [2.75, 3.05) is 6.61 Å². The molecule has 3 heteroatoms. The summed E-state index contributed by atoms with van der Waals surface area (Å²) in [7, 11) is 0. The van der Waals surface area contributed by atoms with E-state index in [-0.39, 0.29) is 5.82 Å². The maximum absolute atomic E-state index is 13.8. The minimum Gasteiger partial charge on any atom is -0.490 e. The zero-order valence-electron chi connectivity index (χ0n) is 8.63. The van der Waals surface area contributed by atoms with E-state index in [0.29, 0.717) is 17.1 Å². The summed E-state index contributed by atoms with van der Waals surface area (Å²) in [6.07, 6.45) is 2.02. The highest BCUT2D eigenvalue weighted by Gasteiger charge is 2.08. The number of ether oxygens (including phenoxy) is 1. The van der Waals surface area contributed by atoms with Gasteiger partial charge in [0.1, 0.15) is 0 Å². The number of unbranched alkanes of at least 4 members (excludes halogenated alkanes) is 1. The van der Waals surface area contributed by atoms with Gasteiger partial charge in [0, 0.05) is 0 Å². The van der Waals surface area contributed by atoms with Gasteiger partial charge in [-0.3, -0.25) is 0 Å². The third kappa shape index (κ3) is 2.12. The molecule has 0 spiro atoms. The maximum Gasteiger partial charge on any atom is 0.182 e. The lowest BCUT2D eigenvalue weighted by Gasteiger charge is -2.06. The van der Waals surface area contributed by atoms with Crippen LogP contribution in [0.4, 0.5) is 4.39 Å². The molecule has 0 amide bonds. The van der Waals surface area contributed by atoms with Crippen LogP contribution in [0.3, 0.4) is 0 Å². The molecule has 1 aromatic heterocycles. The molecule has 0 N–H and O–H groups in total. The Morgan fingerprint density at radius 1 is 1.33 bits per heavy atom. The van der Waals surface area contributed by atoms with Crippen molar-refractivity contribution in [3.8, 4) is 5.75 Å². The summed E-state index contributed by atoms with van der Waals surface area (Å²) in [4.78, 5) is 0. The van der Waals surface area contributed by atoms with Gasteiger partial charge in [-0.1, -0.05) is 13.3 Å². The Balaban J connectivity index is 2.23. The molecule has 0 bridgehead atoms. The van der Waals surface area contributed by atoms with E-state index >= 15 is 0 Å². The predicted octanol–water partition coefficient (Wildman–Crippen LogP) is 4.22. The molecule has 15 heavy (non-hydrogen) atoms. The SMILES string of the molecule is CCCCOc1ccc2ccsc2c1F. The highest BCUT2D eigenvalue weighted by atomic mass is 32.1. The topological polar surface area (TPSA) is 9.23 Å². The van der Waals surface area contributed by atoms with E-state index < -0.39 is 0 Å². The van der Waals surface area contributed by atoms with Gasteiger partial charge in [-0.2, -0.15) is 0 Å². The van der Waals surface area contributed by atoms with Gasteiger partial charge < -0.3 is 4.74 Å². The molecule has 0 saturated heterocycles. The van der Waals surface area contributed by atoms with Crippen molar-refractivity contribution in [1.82, 2.24) is 0 Å². The quantitative estimate of drug-likeness (QED) is 0.706. The fourth-order valence-electron chi connectivity index (χ4n) is 1.42. The van der Waals surface area contributed by atoms with Gasteiger partial charge in [0.15, 0.2) is 11.6 Å². The van der Waals surface area contributed by atoms with Crippen LogP contribution in [0, 0.1) is 5.82 Å². The van der Waals surface area contributed by atoms with E-state index in [2.05, 4.69) is 6.92 Å². The monoisotopic (exact) mass is 224 g/mol. The predicted molar refractivity (Wildman–Crippen MR) is 62.2 cm³/mol. The van der Waals surface area contributed by atoms with Crippen LogP contribution in [0.2, 0.25) is 0 Å². The van der Waals surface area contributed by atoms with Crippen LogP contribution in [0.1, 0.15) is 19.8 Å². The lowest BCUT2D eigenvalue weighted by molar-refractivity contribution is 0.295. The van der Waals surface area contributed by atoms with Crippen molar-refractivity contribution in [1.29, 1.82) is 0 Å². The van der Waals surface area contributed by atoms with Crippen molar-refractivity contribution in [2.24, 2.45) is 0 Å². The molecule has 0 radical (unpaired) electrons. The largest absolute Gasteiger partial charge is 0.490 e. The molecule has 0 atom stereocenters. The Bertz CT molecular complexity index is 450. The first-order chi connectivity index (χ1) is 7.33. The molecule has 0 unspecified atom stereocenters. The first-order valence-electron chi connectivity index (χ1n) is 5.11. The number of hydrogen-bond acceptors (Lipinski definition) is 2. The van der Waals surface area contributed by atoms with Gasteiger partial charge in [0.25, 0.3) is 0 Å². The summed E-state index contributed by atoms with van der Waals surface area (Å²) < 4.78 is 19.9. The van der Waals surface area contributed by atoms with Crippen molar-refractivity contribution >= 4 is 21.4 Å². The molecular formula is C12H13FOS. The Morgan fingerprint density at radius 3 is 3.00 bits per heavy atom. The Labute approximate surface area is 92.5 Å². The second-order valence-electron chi connectivity index (χ2n) is 3.42. The Hall–Kier alpha value is -1.09. The molecular weight excluding hydrogens is 211 g/mol. The van der Waals surface area contributed by atoms with E-state index in [1.165, 1.54) is 11.3 Å².